The Bertz CT molecular complexity index is 2200. The summed E-state index contributed by atoms with van der Waals surface area (Å²) in [4.78, 5) is 41.3. The molecule has 5 heterocycles. The Kier molecular flexibility index (Phi) is 9.24. The Hall–Kier alpha value is -5.66. The van der Waals surface area contributed by atoms with Crippen molar-refractivity contribution in [3.8, 4) is 41.4 Å². The van der Waals surface area contributed by atoms with Crippen LogP contribution in [-0.4, -0.2) is 75.6 Å². The molecule has 52 heavy (non-hydrogen) atoms. The number of nitrogens with one attached hydrogen (secondary N) is 1. The lowest BCUT2D eigenvalue weighted by Gasteiger charge is -2.32. The van der Waals surface area contributed by atoms with E-state index in [0.29, 0.717) is 43.6 Å². The second-order valence-corrected chi connectivity index (χ2v) is 14.0. The van der Waals surface area contributed by atoms with Crippen molar-refractivity contribution in [1.29, 1.82) is 5.26 Å². The lowest BCUT2D eigenvalue weighted by Crippen LogP contribution is -2.43. The molecular weight excluding hydrogens is 668 g/mol. The number of ether oxygens (including phenoxy) is 1. The standard InChI is InChI=1S/C39H37F2N7O4/c1-3-27-30(40)9-7-24-17-26(50)18-28(32(24)27)34-33(41)35-29(19-43-34)36(46-37(45-35)52-22-39-12-5-15-48(39)16-6-13-39)47-14-4-11-38(2,21-42)25(20-47)8-10-31(51)44-23-49/h1,7-10,17-19,23,25,50H,4-6,11-16,20,22H2,2H3,(H,44,49,51)/t25-,38+/m1/s1. The number of phenolic OH excluding ortho intramolecular Hbond substituents is 1. The maximum atomic E-state index is 17.1. The lowest BCUT2D eigenvalue weighted by molar-refractivity contribution is -0.121. The number of hydrogen-bond donors (Lipinski definition) is 2. The average Bonchev–Trinajstić information content (AvgIpc) is 3.67. The van der Waals surface area contributed by atoms with Crippen LogP contribution in [0.5, 0.6) is 11.8 Å². The van der Waals surface area contributed by atoms with Gasteiger partial charge in [-0.05, 0) is 88.2 Å². The first kappa shape index (κ1) is 34.8. The third-order valence-corrected chi connectivity index (χ3v) is 11.0. The number of carbonyl (C=O) groups is 2. The number of anilines is 1. The van der Waals surface area contributed by atoms with Crippen molar-refractivity contribution in [2.75, 3.05) is 37.7 Å². The van der Waals surface area contributed by atoms with E-state index >= 15 is 4.39 Å². The molecule has 2 aromatic carbocycles. The van der Waals surface area contributed by atoms with Crippen LogP contribution in [0.4, 0.5) is 14.6 Å². The van der Waals surface area contributed by atoms with Gasteiger partial charge in [0, 0.05) is 36.2 Å². The highest BCUT2D eigenvalue weighted by Gasteiger charge is 2.45. The summed E-state index contributed by atoms with van der Waals surface area (Å²) in [6.45, 7) is 4.79. The second kappa shape index (κ2) is 13.8. The summed E-state index contributed by atoms with van der Waals surface area (Å²) in [5.74, 6) is -0.110. The number of nitriles is 1. The molecule has 0 aliphatic carbocycles. The molecule has 2 aromatic heterocycles. The van der Waals surface area contributed by atoms with Gasteiger partial charge in [0.25, 0.3) is 0 Å². The van der Waals surface area contributed by atoms with Crippen LogP contribution >= 0.6 is 0 Å². The van der Waals surface area contributed by atoms with Gasteiger partial charge in [0.15, 0.2) is 5.82 Å². The number of aromatic hydroxyl groups is 1. The van der Waals surface area contributed by atoms with Crippen molar-refractivity contribution in [1.82, 2.24) is 25.2 Å². The molecule has 0 unspecified atom stereocenters. The van der Waals surface area contributed by atoms with Gasteiger partial charge in [-0.2, -0.15) is 15.2 Å². The van der Waals surface area contributed by atoms with E-state index in [1.165, 1.54) is 36.5 Å². The van der Waals surface area contributed by atoms with E-state index < -0.39 is 28.9 Å². The van der Waals surface area contributed by atoms with E-state index in [9.17, 15) is 24.3 Å². The number of amides is 2. The predicted octanol–water partition coefficient (Wildman–Crippen LogP) is 5.39. The van der Waals surface area contributed by atoms with Gasteiger partial charge in [-0.1, -0.05) is 18.1 Å². The summed E-state index contributed by atoms with van der Waals surface area (Å²) in [6.07, 6.45) is 15.4. The number of terminal acetylenes is 1. The SMILES string of the molecule is C#Cc1c(F)ccc2cc(O)cc(-c3ncc4c(N5CCC[C@@](C)(C#N)[C@H](C=CC(=O)NC=O)C5)nc(OCC56CCCN5CCC6)nc4c3F)c12. The monoisotopic (exact) mass is 705 g/mol. The van der Waals surface area contributed by atoms with E-state index in [-0.39, 0.29) is 57.0 Å². The van der Waals surface area contributed by atoms with Crippen LogP contribution in [0, 0.1) is 46.6 Å². The average molecular weight is 706 g/mol. The minimum Gasteiger partial charge on any atom is -0.508 e. The molecule has 3 fully saturated rings. The van der Waals surface area contributed by atoms with Crippen molar-refractivity contribution < 1.29 is 28.2 Å². The van der Waals surface area contributed by atoms with Crippen LogP contribution in [0.25, 0.3) is 32.9 Å². The predicted molar refractivity (Wildman–Crippen MR) is 190 cm³/mol. The number of imide groups is 1. The number of nitrogens with zero attached hydrogens (tertiary/aromatic N) is 6. The smallest absolute Gasteiger partial charge is 0.319 e. The van der Waals surface area contributed by atoms with Crippen molar-refractivity contribution in [2.45, 2.75) is 51.0 Å². The summed E-state index contributed by atoms with van der Waals surface area (Å²) >= 11 is 0. The quantitative estimate of drug-likeness (QED) is 0.139. The van der Waals surface area contributed by atoms with Crippen molar-refractivity contribution >= 4 is 39.8 Å². The van der Waals surface area contributed by atoms with Gasteiger partial charge in [-0.25, -0.2) is 8.78 Å². The molecule has 0 bridgehead atoms. The van der Waals surface area contributed by atoms with E-state index in [4.69, 9.17) is 16.1 Å². The van der Waals surface area contributed by atoms with Crippen molar-refractivity contribution in [3.05, 3.63) is 59.8 Å². The van der Waals surface area contributed by atoms with Crippen LogP contribution in [0.2, 0.25) is 0 Å². The molecule has 0 radical (unpaired) electrons. The Balaban J connectivity index is 1.38. The van der Waals surface area contributed by atoms with Crippen LogP contribution in [-0.2, 0) is 9.59 Å². The molecule has 3 saturated heterocycles. The molecule has 0 spiro atoms. The number of hydrogen-bond acceptors (Lipinski definition) is 10. The number of benzene rings is 2. The van der Waals surface area contributed by atoms with E-state index in [0.717, 1.165) is 38.8 Å². The first-order valence-corrected chi connectivity index (χ1v) is 17.3. The number of pyridine rings is 1. The van der Waals surface area contributed by atoms with Gasteiger partial charge in [0.2, 0.25) is 12.3 Å². The summed E-state index contributed by atoms with van der Waals surface area (Å²) in [5.41, 5.74) is -1.31. The van der Waals surface area contributed by atoms with E-state index in [2.05, 4.69) is 32.2 Å². The van der Waals surface area contributed by atoms with Gasteiger partial charge in [-0.15, -0.1) is 6.42 Å². The zero-order valence-electron chi connectivity index (χ0n) is 28.7. The maximum Gasteiger partial charge on any atom is 0.319 e. The van der Waals surface area contributed by atoms with Crippen LogP contribution in [0.3, 0.4) is 0 Å². The first-order valence-electron chi connectivity index (χ1n) is 17.3. The summed E-state index contributed by atoms with van der Waals surface area (Å²) in [7, 11) is 0. The summed E-state index contributed by atoms with van der Waals surface area (Å²) in [6, 6.07) is 7.74. The third-order valence-electron chi connectivity index (χ3n) is 11.0. The third kappa shape index (κ3) is 6.15. The normalized spacial score (nSPS) is 21.5. The highest BCUT2D eigenvalue weighted by Crippen LogP contribution is 2.42. The molecular formula is C39H37F2N7O4. The van der Waals surface area contributed by atoms with Gasteiger partial charge >= 0.3 is 6.01 Å². The minimum absolute atomic E-state index is 0.0347. The van der Waals surface area contributed by atoms with Crippen molar-refractivity contribution in [2.24, 2.45) is 11.3 Å². The molecule has 7 rings (SSSR count). The number of fused-ring (bicyclic) bond motifs is 3. The van der Waals surface area contributed by atoms with Gasteiger partial charge < -0.3 is 14.7 Å². The van der Waals surface area contributed by atoms with Crippen LogP contribution < -0.4 is 15.0 Å². The lowest BCUT2D eigenvalue weighted by atomic mass is 9.75. The van der Waals surface area contributed by atoms with Crippen LogP contribution in [0.1, 0.15) is 51.0 Å². The fourth-order valence-electron chi connectivity index (χ4n) is 8.19. The molecule has 3 aliphatic heterocycles. The Morgan fingerprint density at radius 2 is 1.94 bits per heavy atom. The summed E-state index contributed by atoms with van der Waals surface area (Å²) in [5, 5.41) is 23.8. The summed E-state index contributed by atoms with van der Waals surface area (Å²) < 4.78 is 38.4. The number of aromatic nitrogens is 3. The molecule has 4 aromatic rings. The first-order chi connectivity index (χ1) is 25.1. The highest BCUT2D eigenvalue weighted by molar-refractivity contribution is 6.03. The minimum atomic E-state index is -0.862. The number of rotatable bonds is 8. The largest absolute Gasteiger partial charge is 0.508 e. The van der Waals surface area contributed by atoms with Gasteiger partial charge in [0.1, 0.15) is 35.2 Å². The van der Waals surface area contributed by atoms with Crippen LogP contribution in [0.15, 0.2) is 42.6 Å². The number of carbonyl (C=O) groups excluding carboxylic acids is 2. The van der Waals surface area contributed by atoms with E-state index in [1.54, 1.807) is 6.08 Å². The molecule has 2 N–H and O–H groups in total. The fourth-order valence-corrected chi connectivity index (χ4v) is 8.19. The van der Waals surface area contributed by atoms with Gasteiger partial charge in [-0.3, -0.25) is 24.8 Å². The zero-order chi connectivity index (χ0) is 36.6. The van der Waals surface area contributed by atoms with E-state index in [1.807, 2.05) is 11.8 Å². The number of phenols is 1. The zero-order valence-corrected chi connectivity index (χ0v) is 28.7. The van der Waals surface area contributed by atoms with Gasteiger partial charge in [0.05, 0.1) is 28.0 Å². The number of halogens is 2. The molecule has 266 valence electrons. The Morgan fingerprint density at radius 3 is 2.67 bits per heavy atom. The molecule has 11 nitrogen and oxygen atoms in total. The topological polar surface area (TPSA) is 145 Å². The second-order valence-electron chi connectivity index (χ2n) is 14.0. The molecule has 2 atom stereocenters. The Morgan fingerprint density at radius 1 is 1.17 bits per heavy atom. The molecule has 3 aliphatic rings. The van der Waals surface area contributed by atoms with Crippen molar-refractivity contribution in [3.63, 3.8) is 0 Å². The maximum absolute atomic E-state index is 17.1. The molecule has 13 heteroatoms. The fraction of sp³-hybridized carbons (Fsp3) is 0.385. The Labute approximate surface area is 299 Å². The molecule has 2 amide bonds. The molecule has 0 saturated carbocycles. The highest BCUT2D eigenvalue weighted by atomic mass is 19.1.